The highest BCUT2D eigenvalue weighted by molar-refractivity contribution is 5.58. The second kappa shape index (κ2) is 15.7. The topological polar surface area (TPSA) is 94.5 Å². The van der Waals surface area contributed by atoms with E-state index in [9.17, 15) is 52.7 Å². The quantitative estimate of drug-likeness (QED) is 0.279. The normalized spacial score (nSPS) is 12.1. The number of hydrogen-bond donors (Lipinski definition) is 2. The highest BCUT2D eigenvalue weighted by Gasteiger charge is 2.38. The largest absolute Gasteiger partial charge is 0.418 e. The number of alkyl halides is 12. The van der Waals surface area contributed by atoms with Gasteiger partial charge < -0.3 is 20.0 Å². The zero-order chi connectivity index (χ0) is 33.9. The molecule has 0 unspecified atom stereocenters. The fraction of sp³-hybridized carbons (Fsp3) is 0.462. The molecule has 0 radical (unpaired) electrons. The van der Waals surface area contributed by atoms with Crippen molar-refractivity contribution in [3.8, 4) is 12.1 Å². The Morgan fingerprint density at radius 2 is 1.11 bits per heavy atom. The van der Waals surface area contributed by atoms with Crippen LogP contribution in [0.1, 0.15) is 35.1 Å². The summed E-state index contributed by atoms with van der Waals surface area (Å²) in [5.74, 6) is 0. The molecule has 0 aromatic heterocycles. The molecule has 0 fully saturated rings. The first-order valence-corrected chi connectivity index (χ1v) is 12.2. The SMILES string of the molecule is N#Cc1ccc(N(CCCO)CC(F)(F)F)c(C(F)(F)F)c1.N#Cc1ccc(N(CCCO)CC(F)(F)F)cc1C(F)(F)F. The fourth-order valence-electron chi connectivity index (χ4n) is 3.71. The van der Waals surface area contributed by atoms with Crippen LogP contribution >= 0.6 is 0 Å². The van der Waals surface area contributed by atoms with E-state index in [0.29, 0.717) is 21.9 Å². The van der Waals surface area contributed by atoms with Gasteiger partial charge in [0.2, 0.25) is 0 Å². The number of benzene rings is 2. The third kappa shape index (κ3) is 12.8. The van der Waals surface area contributed by atoms with Crippen molar-refractivity contribution in [2.45, 2.75) is 37.5 Å². The lowest BCUT2D eigenvalue weighted by atomic mass is 10.1. The minimum atomic E-state index is -4.90. The van der Waals surface area contributed by atoms with Crippen LogP contribution in [0.3, 0.4) is 0 Å². The number of hydrogen-bond acceptors (Lipinski definition) is 6. The Hall–Kier alpha value is -3.90. The van der Waals surface area contributed by atoms with Crippen molar-refractivity contribution >= 4 is 11.4 Å². The van der Waals surface area contributed by atoms with E-state index in [1.165, 1.54) is 12.1 Å². The smallest absolute Gasteiger partial charge is 0.396 e. The first-order valence-electron chi connectivity index (χ1n) is 12.2. The van der Waals surface area contributed by atoms with Gasteiger partial charge in [-0.3, -0.25) is 0 Å². The van der Waals surface area contributed by atoms with E-state index >= 15 is 0 Å². The van der Waals surface area contributed by atoms with Crippen LogP contribution in [0.15, 0.2) is 36.4 Å². The van der Waals surface area contributed by atoms with Gasteiger partial charge in [0, 0.05) is 37.7 Å². The molecule has 2 aromatic carbocycles. The van der Waals surface area contributed by atoms with Crippen LogP contribution in [-0.4, -0.2) is 62.0 Å². The van der Waals surface area contributed by atoms with E-state index < -0.39 is 79.9 Å². The molecule has 2 aromatic rings. The maximum absolute atomic E-state index is 13.0. The van der Waals surface area contributed by atoms with Crippen molar-refractivity contribution in [1.29, 1.82) is 10.5 Å². The number of aliphatic hydroxyl groups excluding tert-OH is 2. The van der Waals surface area contributed by atoms with Crippen molar-refractivity contribution in [3.05, 3.63) is 58.7 Å². The molecule has 0 spiro atoms. The van der Waals surface area contributed by atoms with Crippen molar-refractivity contribution in [1.82, 2.24) is 0 Å². The van der Waals surface area contributed by atoms with E-state index in [2.05, 4.69) is 0 Å². The molecule has 44 heavy (non-hydrogen) atoms. The highest BCUT2D eigenvalue weighted by atomic mass is 19.4. The maximum atomic E-state index is 13.0. The lowest BCUT2D eigenvalue weighted by Gasteiger charge is -2.28. The second-order valence-electron chi connectivity index (χ2n) is 8.91. The number of anilines is 2. The van der Waals surface area contributed by atoms with Crippen molar-refractivity contribution in [2.75, 3.05) is 49.2 Å². The predicted octanol–water partition coefficient (Wildman–Crippen LogP) is 6.66. The highest BCUT2D eigenvalue weighted by Crippen LogP contribution is 2.38. The predicted molar refractivity (Wildman–Crippen MR) is 132 cm³/mol. The van der Waals surface area contributed by atoms with E-state index in [1.807, 2.05) is 0 Å². The van der Waals surface area contributed by atoms with Crippen LogP contribution in [0, 0.1) is 22.7 Å². The summed E-state index contributed by atoms with van der Waals surface area (Å²) < 4.78 is 153. The average Bonchev–Trinajstić information content (AvgIpc) is 2.90. The molecule has 0 saturated heterocycles. The summed E-state index contributed by atoms with van der Waals surface area (Å²) in [5.41, 5.74) is -4.54. The van der Waals surface area contributed by atoms with Crippen LogP contribution in [0.25, 0.3) is 0 Å². The Kier molecular flexibility index (Phi) is 13.6. The monoisotopic (exact) mass is 652 g/mol. The van der Waals surface area contributed by atoms with Gasteiger partial charge in [0.25, 0.3) is 0 Å². The fourth-order valence-corrected chi connectivity index (χ4v) is 3.71. The first-order chi connectivity index (χ1) is 20.2. The third-order valence-electron chi connectivity index (χ3n) is 5.48. The summed E-state index contributed by atoms with van der Waals surface area (Å²) in [5, 5.41) is 34.7. The van der Waals surface area contributed by atoms with Crippen LogP contribution in [0.2, 0.25) is 0 Å². The van der Waals surface area contributed by atoms with Crippen molar-refractivity contribution < 1.29 is 62.9 Å². The molecule has 0 aliphatic heterocycles. The molecule has 0 heterocycles. The van der Waals surface area contributed by atoms with E-state index in [-0.39, 0.29) is 30.6 Å². The average molecular weight is 652 g/mol. The van der Waals surface area contributed by atoms with Crippen LogP contribution in [0.5, 0.6) is 0 Å². The number of nitriles is 2. The Morgan fingerprint density at radius 3 is 1.55 bits per heavy atom. The molecule has 6 nitrogen and oxygen atoms in total. The van der Waals surface area contributed by atoms with Crippen molar-refractivity contribution in [2.24, 2.45) is 0 Å². The minimum absolute atomic E-state index is 0.0303. The molecule has 0 saturated carbocycles. The maximum Gasteiger partial charge on any atom is 0.418 e. The van der Waals surface area contributed by atoms with Gasteiger partial charge >= 0.3 is 24.7 Å². The molecular formula is C26H24F12N4O2. The van der Waals surface area contributed by atoms with Gasteiger partial charge in [0.05, 0.1) is 34.4 Å². The summed E-state index contributed by atoms with van der Waals surface area (Å²) >= 11 is 0. The van der Waals surface area contributed by atoms with Gasteiger partial charge in [-0.2, -0.15) is 63.2 Å². The van der Waals surface area contributed by atoms with Gasteiger partial charge in [0.15, 0.2) is 0 Å². The lowest BCUT2D eigenvalue weighted by molar-refractivity contribution is -0.138. The summed E-state index contributed by atoms with van der Waals surface area (Å²) in [4.78, 5) is 1.19. The van der Waals surface area contributed by atoms with Gasteiger partial charge in [-0.05, 0) is 49.2 Å². The molecule has 0 amide bonds. The van der Waals surface area contributed by atoms with E-state index in [4.69, 9.17) is 20.7 Å². The van der Waals surface area contributed by atoms with Gasteiger partial charge in [-0.25, -0.2) is 0 Å². The lowest BCUT2D eigenvalue weighted by Crippen LogP contribution is -2.36. The second-order valence-corrected chi connectivity index (χ2v) is 8.91. The molecule has 2 rings (SSSR count). The van der Waals surface area contributed by atoms with E-state index in [0.717, 1.165) is 24.3 Å². The molecule has 0 aliphatic carbocycles. The van der Waals surface area contributed by atoms with Gasteiger partial charge in [0.1, 0.15) is 13.1 Å². The Morgan fingerprint density at radius 1 is 0.614 bits per heavy atom. The Bertz CT molecular complexity index is 1290. The Balaban J connectivity index is 0.000000440. The zero-order valence-electron chi connectivity index (χ0n) is 22.3. The molecule has 244 valence electrons. The third-order valence-corrected chi connectivity index (χ3v) is 5.48. The van der Waals surface area contributed by atoms with Crippen molar-refractivity contribution in [3.63, 3.8) is 0 Å². The summed E-state index contributed by atoms with van der Waals surface area (Å²) in [6, 6.07) is 7.62. The Labute approximate surface area is 242 Å². The standard InChI is InChI=1S/2C13H12F6N2O/c14-12(15,16)8-21(4-1-5-22)10-3-2-9(7-20)11(6-10)13(17,18)19;14-12(15,16)8-21(4-1-5-22)11-3-2-9(7-20)6-10(11)13(17,18)19/h2*2-3,6,22H,1,4-5,8H2. The molecule has 0 aliphatic rings. The summed E-state index contributed by atoms with van der Waals surface area (Å²) in [6.45, 7) is -4.54. The minimum Gasteiger partial charge on any atom is -0.396 e. The number of halogens is 12. The van der Waals surface area contributed by atoms with Gasteiger partial charge in [-0.1, -0.05) is 0 Å². The molecular weight excluding hydrogens is 628 g/mol. The number of aliphatic hydroxyl groups is 2. The number of nitrogens with zero attached hydrogens (tertiary/aromatic N) is 4. The molecule has 0 atom stereocenters. The number of rotatable bonds is 10. The molecule has 2 N–H and O–H groups in total. The summed E-state index contributed by atoms with van der Waals surface area (Å²) in [6.07, 6.45) is -19.2. The van der Waals surface area contributed by atoms with Crippen LogP contribution in [0.4, 0.5) is 64.1 Å². The zero-order valence-corrected chi connectivity index (χ0v) is 22.3. The summed E-state index contributed by atoms with van der Waals surface area (Å²) in [7, 11) is 0. The van der Waals surface area contributed by atoms with Crippen LogP contribution < -0.4 is 9.80 Å². The molecule has 18 heteroatoms. The van der Waals surface area contributed by atoms with Gasteiger partial charge in [-0.15, -0.1) is 0 Å². The first kappa shape index (κ1) is 38.1. The molecule has 0 bridgehead atoms. The van der Waals surface area contributed by atoms with Crippen LogP contribution in [-0.2, 0) is 12.4 Å². The van der Waals surface area contributed by atoms with E-state index in [1.54, 1.807) is 0 Å².